The zero-order valence-corrected chi connectivity index (χ0v) is 11.6. The number of hydrogen-bond acceptors (Lipinski definition) is 2. The molecule has 0 fully saturated rings. The van der Waals surface area contributed by atoms with Gasteiger partial charge in [-0.1, -0.05) is 42.0 Å². The van der Waals surface area contributed by atoms with E-state index in [-0.39, 0.29) is 12.4 Å². The summed E-state index contributed by atoms with van der Waals surface area (Å²) in [4.78, 5) is 12.1. The summed E-state index contributed by atoms with van der Waals surface area (Å²) in [5.41, 5.74) is 3.96. The SMILES string of the molecule is Cc1ccc(OCC(=O)c2ccccc2C)c(C)c1. The summed E-state index contributed by atoms with van der Waals surface area (Å²) < 4.78 is 5.61. The first-order chi connectivity index (χ1) is 9.08. The fraction of sp³-hybridized carbons (Fsp3) is 0.235. The van der Waals surface area contributed by atoms with Crippen molar-refractivity contribution in [1.82, 2.24) is 0 Å². The molecule has 0 saturated heterocycles. The van der Waals surface area contributed by atoms with Gasteiger partial charge >= 0.3 is 0 Å². The second-order valence-corrected chi connectivity index (χ2v) is 4.80. The second-order valence-electron chi connectivity index (χ2n) is 4.80. The Morgan fingerprint density at radius 2 is 1.74 bits per heavy atom. The van der Waals surface area contributed by atoms with Crippen LogP contribution in [0.1, 0.15) is 27.0 Å². The number of benzene rings is 2. The highest BCUT2D eigenvalue weighted by Gasteiger charge is 2.10. The first-order valence-electron chi connectivity index (χ1n) is 6.37. The molecule has 98 valence electrons. The van der Waals surface area contributed by atoms with Crippen LogP contribution in [-0.4, -0.2) is 12.4 Å². The van der Waals surface area contributed by atoms with Gasteiger partial charge in [0.15, 0.2) is 12.4 Å². The molecule has 0 aliphatic carbocycles. The number of aryl methyl sites for hydroxylation is 3. The molecule has 0 amide bonds. The van der Waals surface area contributed by atoms with Crippen molar-refractivity contribution in [2.75, 3.05) is 6.61 Å². The molecule has 0 heterocycles. The summed E-state index contributed by atoms with van der Waals surface area (Å²) in [6, 6.07) is 13.5. The van der Waals surface area contributed by atoms with Crippen LogP contribution >= 0.6 is 0 Å². The average molecular weight is 254 g/mol. The van der Waals surface area contributed by atoms with E-state index in [4.69, 9.17) is 4.74 Å². The summed E-state index contributed by atoms with van der Waals surface area (Å²) in [6.45, 7) is 6.04. The minimum Gasteiger partial charge on any atom is -0.485 e. The fourth-order valence-electron chi connectivity index (χ4n) is 2.07. The van der Waals surface area contributed by atoms with Crippen molar-refractivity contribution < 1.29 is 9.53 Å². The molecule has 0 N–H and O–H groups in total. The maximum absolute atomic E-state index is 12.1. The van der Waals surface area contributed by atoms with E-state index in [1.54, 1.807) is 0 Å². The number of rotatable bonds is 4. The minimum atomic E-state index is 0.0121. The van der Waals surface area contributed by atoms with Gasteiger partial charge in [0, 0.05) is 5.56 Å². The van der Waals surface area contributed by atoms with Crippen LogP contribution < -0.4 is 4.74 Å². The maximum Gasteiger partial charge on any atom is 0.200 e. The molecule has 0 aromatic heterocycles. The van der Waals surface area contributed by atoms with Crippen molar-refractivity contribution in [3.8, 4) is 5.75 Å². The molecule has 2 aromatic rings. The van der Waals surface area contributed by atoms with Crippen molar-refractivity contribution in [3.05, 3.63) is 64.7 Å². The summed E-state index contributed by atoms with van der Waals surface area (Å²) in [5, 5.41) is 0. The molecule has 0 unspecified atom stereocenters. The lowest BCUT2D eigenvalue weighted by Crippen LogP contribution is -2.13. The van der Waals surface area contributed by atoms with Crippen molar-refractivity contribution >= 4 is 5.78 Å². The van der Waals surface area contributed by atoms with Crippen LogP contribution in [-0.2, 0) is 0 Å². The number of ether oxygens (including phenoxy) is 1. The molecule has 0 aliphatic heterocycles. The van der Waals surface area contributed by atoms with E-state index in [1.807, 2.05) is 63.2 Å². The molecular weight excluding hydrogens is 236 g/mol. The van der Waals surface area contributed by atoms with E-state index in [0.717, 1.165) is 22.4 Å². The van der Waals surface area contributed by atoms with Gasteiger partial charge in [0.25, 0.3) is 0 Å². The lowest BCUT2D eigenvalue weighted by molar-refractivity contribution is 0.0920. The van der Waals surface area contributed by atoms with E-state index >= 15 is 0 Å². The smallest absolute Gasteiger partial charge is 0.200 e. The Morgan fingerprint density at radius 3 is 2.42 bits per heavy atom. The van der Waals surface area contributed by atoms with Gasteiger partial charge in [-0.15, -0.1) is 0 Å². The van der Waals surface area contributed by atoms with Crippen molar-refractivity contribution in [2.24, 2.45) is 0 Å². The zero-order chi connectivity index (χ0) is 13.8. The topological polar surface area (TPSA) is 26.3 Å². The van der Waals surface area contributed by atoms with E-state index in [2.05, 4.69) is 0 Å². The van der Waals surface area contributed by atoms with E-state index < -0.39 is 0 Å². The number of ketones is 1. The molecule has 0 spiro atoms. The predicted octanol–water partition coefficient (Wildman–Crippen LogP) is 3.87. The van der Waals surface area contributed by atoms with Gasteiger partial charge in [-0.25, -0.2) is 0 Å². The molecule has 0 atom stereocenters. The monoisotopic (exact) mass is 254 g/mol. The Kier molecular flexibility index (Phi) is 4.00. The Labute approximate surface area is 114 Å². The lowest BCUT2D eigenvalue weighted by Gasteiger charge is -2.10. The Hall–Kier alpha value is -2.09. The van der Waals surface area contributed by atoms with Crippen LogP contribution in [0.25, 0.3) is 0 Å². The van der Waals surface area contributed by atoms with Gasteiger partial charge in [0.2, 0.25) is 0 Å². The van der Waals surface area contributed by atoms with E-state index in [1.165, 1.54) is 5.56 Å². The number of carbonyl (C=O) groups excluding carboxylic acids is 1. The molecule has 19 heavy (non-hydrogen) atoms. The highest BCUT2D eigenvalue weighted by Crippen LogP contribution is 2.19. The van der Waals surface area contributed by atoms with Gasteiger partial charge in [-0.2, -0.15) is 0 Å². The first-order valence-corrected chi connectivity index (χ1v) is 6.37. The lowest BCUT2D eigenvalue weighted by atomic mass is 10.1. The Bertz CT molecular complexity index is 600. The van der Waals surface area contributed by atoms with Crippen LogP contribution in [0.2, 0.25) is 0 Å². The van der Waals surface area contributed by atoms with Gasteiger partial charge in [0.1, 0.15) is 5.75 Å². The quantitative estimate of drug-likeness (QED) is 0.774. The predicted molar refractivity (Wildman–Crippen MR) is 76.9 cm³/mol. The number of hydrogen-bond donors (Lipinski definition) is 0. The molecule has 0 bridgehead atoms. The largest absolute Gasteiger partial charge is 0.485 e. The second kappa shape index (κ2) is 5.70. The summed E-state index contributed by atoms with van der Waals surface area (Å²) >= 11 is 0. The Morgan fingerprint density at radius 1 is 1.00 bits per heavy atom. The molecule has 0 radical (unpaired) electrons. The Balaban J connectivity index is 2.07. The molecule has 0 saturated carbocycles. The summed E-state index contributed by atoms with van der Waals surface area (Å²) in [7, 11) is 0. The molecule has 2 rings (SSSR count). The van der Waals surface area contributed by atoms with Crippen LogP contribution in [0, 0.1) is 20.8 Å². The normalized spacial score (nSPS) is 10.3. The van der Waals surface area contributed by atoms with Crippen LogP contribution in [0.4, 0.5) is 0 Å². The molecular formula is C17H18O2. The van der Waals surface area contributed by atoms with Gasteiger partial charge in [-0.05, 0) is 38.0 Å². The molecule has 0 aliphatic rings. The van der Waals surface area contributed by atoms with Crippen molar-refractivity contribution in [2.45, 2.75) is 20.8 Å². The van der Waals surface area contributed by atoms with E-state index in [0.29, 0.717) is 0 Å². The van der Waals surface area contributed by atoms with E-state index in [9.17, 15) is 4.79 Å². The highest BCUT2D eigenvalue weighted by atomic mass is 16.5. The number of Topliss-reactive ketones (excluding diaryl/α,β-unsaturated/α-hetero) is 1. The third-order valence-corrected chi connectivity index (χ3v) is 3.13. The van der Waals surface area contributed by atoms with Gasteiger partial charge < -0.3 is 4.74 Å². The third kappa shape index (κ3) is 3.22. The van der Waals surface area contributed by atoms with Crippen LogP contribution in [0.5, 0.6) is 5.75 Å². The van der Waals surface area contributed by atoms with Gasteiger partial charge in [0.05, 0.1) is 0 Å². The summed E-state index contributed by atoms with van der Waals surface area (Å²) in [6.07, 6.45) is 0. The standard InChI is InChI=1S/C17H18O2/c1-12-8-9-17(14(3)10-12)19-11-16(18)15-7-5-4-6-13(15)2/h4-10H,11H2,1-3H3. The maximum atomic E-state index is 12.1. The van der Waals surface area contributed by atoms with Crippen molar-refractivity contribution in [1.29, 1.82) is 0 Å². The highest BCUT2D eigenvalue weighted by molar-refractivity contribution is 5.98. The minimum absolute atomic E-state index is 0.0121. The average Bonchev–Trinajstić information content (AvgIpc) is 2.38. The van der Waals surface area contributed by atoms with Crippen molar-refractivity contribution in [3.63, 3.8) is 0 Å². The number of carbonyl (C=O) groups is 1. The zero-order valence-electron chi connectivity index (χ0n) is 11.6. The fourth-order valence-corrected chi connectivity index (χ4v) is 2.07. The van der Waals surface area contributed by atoms with Crippen LogP contribution in [0.3, 0.4) is 0 Å². The molecule has 2 heteroatoms. The van der Waals surface area contributed by atoms with Crippen LogP contribution in [0.15, 0.2) is 42.5 Å². The first kappa shape index (κ1) is 13.3. The third-order valence-electron chi connectivity index (χ3n) is 3.13. The molecule has 2 nitrogen and oxygen atoms in total. The summed E-state index contributed by atoms with van der Waals surface area (Å²) in [5.74, 6) is 0.783. The van der Waals surface area contributed by atoms with Gasteiger partial charge in [-0.3, -0.25) is 4.79 Å². The molecule has 2 aromatic carbocycles.